The van der Waals surface area contributed by atoms with Crippen LogP contribution in [0.25, 0.3) is 0 Å². The Morgan fingerprint density at radius 2 is 1.66 bits per heavy atom. The van der Waals surface area contributed by atoms with Crippen molar-refractivity contribution in [3.8, 4) is 5.75 Å². The van der Waals surface area contributed by atoms with E-state index < -0.39 is 10.0 Å². The summed E-state index contributed by atoms with van der Waals surface area (Å²) in [7, 11) is -3.34. The van der Waals surface area contributed by atoms with Gasteiger partial charge in [0, 0.05) is 18.7 Å². The number of guanidine groups is 1. The summed E-state index contributed by atoms with van der Waals surface area (Å²) in [6, 6.07) is 15.1. The zero-order valence-electron chi connectivity index (χ0n) is 16.9. The molecule has 3 N–H and O–H groups in total. The maximum Gasteiger partial charge on any atom is 0.229 e. The molecule has 0 spiro atoms. The third kappa shape index (κ3) is 8.90. The molecule has 0 heterocycles. The first kappa shape index (κ1) is 25.0. The molecule has 0 unspecified atom stereocenters. The minimum absolute atomic E-state index is 0. The number of rotatable bonds is 9. The maximum atomic E-state index is 11.6. The molecular weight excluding hydrogens is 503 g/mol. The van der Waals surface area contributed by atoms with E-state index in [1.54, 1.807) is 12.1 Å². The normalized spacial score (nSPS) is 11.3. The number of ether oxygens (including phenoxy) is 1. The fraction of sp³-hybridized carbons (Fsp3) is 0.350. The summed E-state index contributed by atoms with van der Waals surface area (Å²) in [6.45, 7) is 6.15. The second-order valence-electron chi connectivity index (χ2n) is 6.12. The molecule has 0 saturated heterocycles. The van der Waals surface area contributed by atoms with Crippen molar-refractivity contribution in [1.29, 1.82) is 0 Å². The van der Waals surface area contributed by atoms with Crippen LogP contribution in [0.3, 0.4) is 0 Å². The number of benzene rings is 2. The van der Waals surface area contributed by atoms with Gasteiger partial charge in [-0.2, -0.15) is 0 Å². The Bertz CT molecular complexity index is 904. The topological polar surface area (TPSA) is 91.8 Å². The van der Waals surface area contributed by atoms with Crippen LogP contribution in [-0.2, 0) is 23.1 Å². The van der Waals surface area contributed by atoms with Crippen molar-refractivity contribution in [1.82, 2.24) is 10.6 Å². The van der Waals surface area contributed by atoms with Gasteiger partial charge in [-0.15, -0.1) is 24.0 Å². The van der Waals surface area contributed by atoms with E-state index in [2.05, 4.69) is 20.3 Å². The molecule has 2 rings (SSSR count). The van der Waals surface area contributed by atoms with Crippen LogP contribution in [0.15, 0.2) is 53.5 Å². The van der Waals surface area contributed by atoms with Gasteiger partial charge in [-0.1, -0.05) is 36.4 Å². The van der Waals surface area contributed by atoms with Gasteiger partial charge in [-0.3, -0.25) is 4.72 Å². The molecule has 0 radical (unpaired) electrons. The number of nitrogens with one attached hydrogen (secondary N) is 3. The quantitative estimate of drug-likeness (QED) is 0.262. The number of nitrogens with zero attached hydrogens (tertiary/aromatic N) is 1. The highest BCUT2D eigenvalue weighted by Crippen LogP contribution is 2.19. The van der Waals surface area contributed by atoms with Crippen LogP contribution in [0.1, 0.15) is 25.0 Å². The van der Waals surface area contributed by atoms with Gasteiger partial charge in [0.1, 0.15) is 5.75 Å². The van der Waals surface area contributed by atoms with Gasteiger partial charge in [0.25, 0.3) is 0 Å². The maximum absolute atomic E-state index is 11.6. The van der Waals surface area contributed by atoms with Crippen molar-refractivity contribution in [2.24, 2.45) is 4.99 Å². The standard InChI is InChI=1S/C20H28N4O3S.HI/c1-4-21-20(23-15-17-11-7-9-13-19(17)27-5-2)22-14-16-10-6-8-12-18(16)24-28(3,25)26;/h6-13,24H,4-5,14-15H2,1-3H3,(H2,21,22,23);1H. The van der Waals surface area contributed by atoms with Crippen molar-refractivity contribution < 1.29 is 13.2 Å². The molecule has 0 amide bonds. The molecule has 0 aliphatic rings. The average molecular weight is 532 g/mol. The lowest BCUT2D eigenvalue weighted by Crippen LogP contribution is -2.37. The van der Waals surface area contributed by atoms with Crippen LogP contribution in [-0.4, -0.2) is 33.8 Å². The molecule has 29 heavy (non-hydrogen) atoms. The predicted octanol–water partition coefficient (Wildman–Crippen LogP) is 3.33. The van der Waals surface area contributed by atoms with Crippen LogP contribution in [0.2, 0.25) is 0 Å². The molecule has 0 atom stereocenters. The van der Waals surface area contributed by atoms with E-state index in [4.69, 9.17) is 4.74 Å². The molecule has 2 aromatic rings. The van der Waals surface area contributed by atoms with E-state index in [9.17, 15) is 8.42 Å². The molecule has 0 aliphatic carbocycles. The Hall–Kier alpha value is -2.01. The fourth-order valence-electron chi connectivity index (χ4n) is 2.59. The Kier molecular flexibility index (Phi) is 10.8. The Balaban J connectivity index is 0.00000420. The van der Waals surface area contributed by atoms with Crippen LogP contribution < -0.4 is 20.1 Å². The van der Waals surface area contributed by atoms with E-state index in [1.807, 2.05) is 50.2 Å². The van der Waals surface area contributed by atoms with E-state index in [0.717, 1.165) is 23.1 Å². The molecule has 0 fully saturated rings. The van der Waals surface area contributed by atoms with Crippen molar-refractivity contribution >= 4 is 45.6 Å². The summed E-state index contributed by atoms with van der Waals surface area (Å²) in [5, 5.41) is 6.45. The number of sulfonamides is 1. The molecule has 2 aromatic carbocycles. The van der Waals surface area contributed by atoms with E-state index in [1.165, 1.54) is 0 Å². The van der Waals surface area contributed by atoms with Gasteiger partial charge in [0.15, 0.2) is 5.96 Å². The molecular formula is C20H29IN4O3S. The van der Waals surface area contributed by atoms with Gasteiger partial charge in [-0.05, 0) is 31.5 Å². The highest BCUT2D eigenvalue weighted by Gasteiger charge is 2.08. The van der Waals surface area contributed by atoms with Gasteiger partial charge < -0.3 is 15.4 Å². The highest BCUT2D eigenvalue weighted by atomic mass is 127. The SMILES string of the molecule is CCNC(=NCc1ccccc1OCC)NCc1ccccc1NS(C)(=O)=O.I. The minimum atomic E-state index is -3.34. The minimum Gasteiger partial charge on any atom is -0.494 e. The summed E-state index contributed by atoms with van der Waals surface area (Å²) in [4.78, 5) is 4.62. The first-order valence-corrected chi connectivity index (χ1v) is 11.1. The number of halogens is 1. The van der Waals surface area contributed by atoms with Crippen LogP contribution in [0.4, 0.5) is 5.69 Å². The molecule has 7 nitrogen and oxygen atoms in total. The monoisotopic (exact) mass is 532 g/mol. The summed E-state index contributed by atoms with van der Waals surface area (Å²) in [5.41, 5.74) is 2.38. The van der Waals surface area contributed by atoms with Crippen LogP contribution >= 0.6 is 24.0 Å². The highest BCUT2D eigenvalue weighted by molar-refractivity contribution is 14.0. The summed E-state index contributed by atoms with van der Waals surface area (Å²) >= 11 is 0. The molecule has 9 heteroatoms. The van der Waals surface area contributed by atoms with Crippen molar-refractivity contribution in [3.63, 3.8) is 0 Å². The lowest BCUT2D eigenvalue weighted by atomic mass is 10.2. The number of hydrogen-bond donors (Lipinski definition) is 3. The van der Waals surface area contributed by atoms with Crippen molar-refractivity contribution in [2.75, 3.05) is 24.1 Å². The van der Waals surface area contributed by atoms with Crippen molar-refractivity contribution in [2.45, 2.75) is 26.9 Å². The zero-order chi connectivity index (χ0) is 20.4. The summed E-state index contributed by atoms with van der Waals surface area (Å²) in [6.07, 6.45) is 1.14. The van der Waals surface area contributed by atoms with Gasteiger partial charge >= 0.3 is 0 Å². The van der Waals surface area contributed by atoms with E-state index >= 15 is 0 Å². The Morgan fingerprint density at radius 3 is 2.31 bits per heavy atom. The van der Waals surface area contributed by atoms with E-state index in [-0.39, 0.29) is 24.0 Å². The molecule has 160 valence electrons. The smallest absolute Gasteiger partial charge is 0.229 e. The summed E-state index contributed by atoms with van der Waals surface area (Å²) in [5.74, 6) is 1.47. The zero-order valence-corrected chi connectivity index (χ0v) is 20.1. The molecule has 0 aromatic heterocycles. The number of hydrogen-bond acceptors (Lipinski definition) is 4. The number of para-hydroxylation sites is 2. The first-order chi connectivity index (χ1) is 13.4. The summed E-state index contributed by atoms with van der Waals surface area (Å²) < 4.78 is 31.3. The fourth-order valence-corrected chi connectivity index (χ4v) is 3.19. The molecule has 0 aliphatic heterocycles. The number of aliphatic imine (C=N–C) groups is 1. The first-order valence-electron chi connectivity index (χ1n) is 9.21. The van der Waals surface area contributed by atoms with Gasteiger partial charge in [-0.25, -0.2) is 13.4 Å². The Labute approximate surface area is 190 Å². The number of anilines is 1. The molecule has 0 saturated carbocycles. The van der Waals surface area contributed by atoms with Gasteiger partial charge in [0.05, 0.1) is 25.1 Å². The second kappa shape index (κ2) is 12.5. The van der Waals surface area contributed by atoms with Gasteiger partial charge in [0.2, 0.25) is 10.0 Å². The van der Waals surface area contributed by atoms with Crippen LogP contribution in [0.5, 0.6) is 5.75 Å². The third-order valence-electron chi connectivity index (χ3n) is 3.78. The van der Waals surface area contributed by atoms with Crippen LogP contribution in [0, 0.1) is 0 Å². The second-order valence-corrected chi connectivity index (χ2v) is 7.87. The predicted molar refractivity (Wildman–Crippen MR) is 130 cm³/mol. The average Bonchev–Trinajstić information content (AvgIpc) is 2.65. The third-order valence-corrected chi connectivity index (χ3v) is 4.37. The lowest BCUT2D eigenvalue weighted by Gasteiger charge is -2.15. The largest absolute Gasteiger partial charge is 0.494 e. The van der Waals surface area contributed by atoms with E-state index in [0.29, 0.717) is 37.9 Å². The van der Waals surface area contributed by atoms with Crippen molar-refractivity contribution in [3.05, 3.63) is 59.7 Å². The molecule has 0 bridgehead atoms. The lowest BCUT2D eigenvalue weighted by molar-refractivity contribution is 0.336. The Morgan fingerprint density at radius 1 is 1.00 bits per heavy atom.